The molecule has 0 radical (unpaired) electrons. The SMILES string of the molecule is CCc1[nH]c(C(=O)NC2CCN(c3nc(C=NOC)c(C(=O)O)s3)CC2OC)nc1Cl. The normalized spacial score (nSPS) is 19.0. The van der Waals surface area contributed by atoms with Gasteiger partial charge in [-0.15, -0.1) is 0 Å². The number of piperidine rings is 1. The molecular weight excluding hydrogens is 448 g/mol. The summed E-state index contributed by atoms with van der Waals surface area (Å²) in [5.41, 5.74) is 0.927. The molecular formula is C18H23ClN6O5S. The molecule has 0 saturated carbocycles. The molecule has 2 aromatic heterocycles. The summed E-state index contributed by atoms with van der Waals surface area (Å²) < 4.78 is 5.59. The van der Waals surface area contributed by atoms with Gasteiger partial charge in [-0.1, -0.05) is 35.0 Å². The average Bonchev–Trinajstić information content (AvgIpc) is 3.36. The van der Waals surface area contributed by atoms with Crippen LogP contribution in [0.1, 0.15) is 45.0 Å². The van der Waals surface area contributed by atoms with Crippen LogP contribution >= 0.6 is 22.9 Å². The zero-order chi connectivity index (χ0) is 22.5. The van der Waals surface area contributed by atoms with E-state index in [1.165, 1.54) is 13.3 Å². The van der Waals surface area contributed by atoms with Gasteiger partial charge in [0.2, 0.25) is 0 Å². The first kappa shape index (κ1) is 23.0. The minimum atomic E-state index is -1.09. The van der Waals surface area contributed by atoms with Gasteiger partial charge in [0.05, 0.1) is 24.1 Å². The van der Waals surface area contributed by atoms with Crippen molar-refractivity contribution in [3.8, 4) is 0 Å². The summed E-state index contributed by atoms with van der Waals surface area (Å²) in [5, 5.41) is 16.8. The van der Waals surface area contributed by atoms with Crippen LogP contribution in [0.4, 0.5) is 5.13 Å². The fourth-order valence-electron chi connectivity index (χ4n) is 3.26. The maximum atomic E-state index is 12.6. The standard InChI is InChI=1S/C18H23ClN6O5S/c1-4-9-14(19)24-15(21-9)16(26)22-10-5-6-25(8-12(10)29-2)18-23-11(7-20-30-3)13(31-18)17(27)28/h7,10,12H,4-6,8H2,1-3H3,(H,21,24)(H,22,26)(H,27,28). The van der Waals surface area contributed by atoms with Crippen LogP contribution in [0.3, 0.4) is 0 Å². The highest BCUT2D eigenvalue weighted by molar-refractivity contribution is 7.17. The molecule has 1 aliphatic heterocycles. The number of H-pyrrole nitrogens is 1. The minimum absolute atomic E-state index is 0.0709. The zero-order valence-electron chi connectivity index (χ0n) is 17.2. The summed E-state index contributed by atoms with van der Waals surface area (Å²) in [6.07, 6.45) is 2.15. The van der Waals surface area contributed by atoms with Crippen molar-refractivity contribution in [3.63, 3.8) is 0 Å². The molecule has 2 atom stereocenters. The van der Waals surface area contributed by atoms with Crippen molar-refractivity contribution < 1.29 is 24.3 Å². The molecule has 0 aromatic carbocycles. The summed E-state index contributed by atoms with van der Waals surface area (Å²) in [4.78, 5) is 42.1. The summed E-state index contributed by atoms with van der Waals surface area (Å²) in [6, 6.07) is -0.254. The van der Waals surface area contributed by atoms with Crippen LogP contribution in [0.25, 0.3) is 0 Å². The number of hydrogen-bond donors (Lipinski definition) is 3. The second-order valence-electron chi connectivity index (χ2n) is 6.73. The zero-order valence-corrected chi connectivity index (χ0v) is 18.8. The number of thiazole rings is 1. The number of anilines is 1. The number of methoxy groups -OCH3 is 1. The van der Waals surface area contributed by atoms with Gasteiger partial charge in [0.25, 0.3) is 5.91 Å². The largest absolute Gasteiger partial charge is 0.477 e. The average molecular weight is 471 g/mol. The highest BCUT2D eigenvalue weighted by atomic mass is 35.5. The number of nitrogens with one attached hydrogen (secondary N) is 2. The molecule has 168 valence electrons. The Labute approximate surface area is 187 Å². The van der Waals surface area contributed by atoms with Crippen LogP contribution < -0.4 is 10.2 Å². The Morgan fingerprint density at radius 3 is 2.84 bits per heavy atom. The Bertz CT molecular complexity index is 977. The highest BCUT2D eigenvalue weighted by Crippen LogP contribution is 2.29. The topological polar surface area (TPSA) is 142 Å². The molecule has 3 N–H and O–H groups in total. The number of halogens is 1. The quantitative estimate of drug-likeness (QED) is 0.391. The van der Waals surface area contributed by atoms with Crippen LogP contribution in [0.5, 0.6) is 0 Å². The van der Waals surface area contributed by atoms with Gasteiger partial charge in [-0.05, 0) is 12.8 Å². The van der Waals surface area contributed by atoms with E-state index in [0.717, 1.165) is 11.3 Å². The van der Waals surface area contributed by atoms with Crippen molar-refractivity contribution in [2.75, 3.05) is 32.2 Å². The molecule has 1 amide bonds. The van der Waals surface area contributed by atoms with Crippen LogP contribution in [0.15, 0.2) is 5.16 Å². The van der Waals surface area contributed by atoms with Crippen LogP contribution in [-0.4, -0.2) is 77.6 Å². The number of oxime groups is 1. The van der Waals surface area contributed by atoms with Gasteiger partial charge >= 0.3 is 5.97 Å². The molecule has 3 rings (SSSR count). The maximum Gasteiger partial charge on any atom is 0.348 e. The summed E-state index contributed by atoms with van der Waals surface area (Å²) in [7, 11) is 2.93. The number of carbonyl (C=O) groups excluding carboxylic acids is 1. The Morgan fingerprint density at radius 1 is 1.45 bits per heavy atom. The van der Waals surface area contributed by atoms with Crippen LogP contribution in [0, 0.1) is 0 Å². The predicted molar refractivity (Wildman–Crippen MR) is 116 cm³/mol. The fraction of sp³-hybridized carbons (Fsp3) is 0.500. The molecule has 2 aromatic rings. The van der Waals surface area contributed by atoms with E-state index < -0.39 is 5.97 Å². The number of rotatable bonds is 8. The number of ether oxygens (including phenoxy) is 1. The van der Waals surface area contributed by atoms with E-state index in [0.29, 0.717) is 36.8 Å². The van der Waals surface area contributed by atoms with E-state index in [1.807, 2.05) is 11.8 Å². The van der Waals surface area contributed by atoms with Gasteiger partial charge in [-0.25, -0.2) is 14.8 Å². The highest BCUT2D eigenvalue weighted by Gasteiger charge is 2.33. The van der Waals surface area contributed by atoms with Crippen molar-refractivity contribution in [3.05, 3.63) is 27.2 Å². The molecule has 3 heterocycles. The second kappa shape index (κ2) is 10.1. The Balaban J connectivity index is 1.71. The lowest BCUT2D eigenvalue weighted by Crippen LogP contribution is -2.55. The lowest BCUT2D eigenvalue weighted by molar-refractivity contribution is 0.0538. The number of carboxylic acid groups (broad SMARTS) is 1. The first-order valence-electron chi connectivity index (χ1n) is 9.51. The number of carboxylic acids is 1. The van der Waals surface area contributed by atoms with Crippen LogP contribution in [0.2, 0.25) is 5.15 Å². The van der Waals surface area contributed by atoms with Crippen molar-refractivity contribution in [2.45, 2.75) is 31.9 Å². The molecule has 0 bridgehead atoms. The summed E-state index contributed by atoms with van der Waals surface area (Å²) >= 11 is 7.08. The molecule has 0 spiro atoms. The third kappa shape index (κ3) is 5.14. The second-order valence-corrected chi connectivity index (χ2v) is 8.07. The van der Waals surface area contributed by atoms with Gasteiger partial charge < -0.3 is 29.9 Å². The number of hydrogen-bond acceptors (Lipinski definition) is 9. The van der Waals surface area contributed by atoms with E-state index in [4.69, 9.17) is 16.3 Å². The number of aromatic amines is 1. The Morgan fingerprint density at radius 2 is 2.23 bits per heavy atom. The van der Waals surface area contributed by atoms with E-state index >= 15 is 0 Å². The predicted octanol–water partition coefficient (Wildman–Crippen LogP) is 1.78. The van der Waals surface area contributed by atoms with Gasteiger partial charge in [0.15, 0.2) is 16.1 Å². The number of aryl methyl sites for hydroxylation is 1. The molecule has 11 nitrogen and oxygen atoms in total. The van der Waals surface area contributed by atoms with Crippen molar-refractivity contribution >= 4 is 46.2 Å². The molecule has 1 aliphatic rings. The smallest absolute Gasteiger partial charge is 0.348 e. The van der Waals surface area contributed by atoms with E-state index in [1.54, 1.807) is 7.11 Å². The lowest BCUT2D eigenvalue weighted by atomic mass is 10.0. The van der Waals surface area contributed by atoms with Crippen molar-refractivity contribution in [1.29, 1.82) is 0 Å². The lowest BCUT2D eigenvalue weighted by Gasteiger charge is -2.37. The number of nitrogens with zero attached hydrogens (tertiary/aromatic N) is 4. The minimum Gasteiger partial charge on any atom is -0.477 e. The van der Waals surface area contributed by atoms with Gasteiger partial charge in [-0.3, -0.25) is 4.79 Å². The van der Waals surface area contributed by atoms with E-state index in [2.05, 4.69) is 30.3 Å². The number of carbonyl (C=O) groups is 2. The van der Waals surface area contributed by atoms with Gasteiger partial charge in [0.1, 0.15) is 17.7 Å². The monoisotopic (exact) mass is 470 g/mol. The molecule has 0 aliphatic carbocycles. The molecule has 1 saturated heterocycles. The third-order valence-electron chi connectivity index (χ3n) is 4.86. The number of aromatic nitrogens is 3. The van der Waals surface area contributed by atoms with Gasteiger partial charge in [-0.2, -0.15) is 0 Å². The number of aromatic carboxylic acids is 1. The van der Waals surface area contributed by atoms with Gasteiger partial charge in [0, 0.05) is 20.2 Å². The summed E-state index contributed by atoms with van der Waals surface area (Å²) in [5.74, 6) is -1.29. The maximum absolute atomic E-state index is 12.6. The van der Waals surface area contributed by atoms with Crippen molar-refractivity contribution in [1.82, 2.24) is 20.3 Å². The fourth-order valence-corrected chi connectivity index (χ4v) is 4.44. The van der Waals surface area contributed by atoms with E-state index in [9.17, 15) is 14.7 Å². The van der Waals surface area contributed by atoms with Crippen molar-refractivity contribution in [2.24, 2.45) is 5.16 Å². The number of imidazole rings is 1. The van der Waals surface area contributed by atoms with E-state index in [-0.39, 0.29) is 39.6 Å². The molecule has 2 unspecified atom stereocenters. The molecule has 31 heavy (non-hydrogen) atoms. The summed E-state index contributed by atoms with van der Waals surface area (Å²) in [6.45, 7) is 2.89. The first-order chi connectivity index (χ1) is 14.9. The van der Waals surface area contributed by atoms with Crippen LogP contribution in [-0.2, 0) is 16.0 Å². The first-order valence-corrected chi connectivity index (χ1v) is 10.7. The number of amides is 1. The Hall–Kier alpha value is -2.70. The molecule has 1 fully saturated rings. The Kier molecular flexibility index (Phi) is 7.46. The molecule has 13 heteroatoms. The third-order valence-corrected chi connectivity index (χ3v) is 6.30.